The highest BCUT2D eigenvalue weighted by atomic mass is 15.0. The van der Waals surface area contributed by atoms with Crippen molar-refractivity contribution in [2.24, 2.45) is 5.92 Å². The van der Waals surface area contributed by atoms with E-state index in [2.05, 4.69) is 22.4 Å². The van der Waals surface area contributed by atoms with E-state index < -0.39 is 0 Å². The van der Waals surface area contributed by atoms with Crippen LogP contribution in [0.15, 0.2) is 18.3 Å². The van der Waals surface area contributed by atoms with E-state index in [1.54, 1.807) is 0 Å². The van der Waals surface area contributed by atoms with Gasteiger partial charge in [0.15, 0.2) is 0 Å². The molecule has 80 valence electrons. The molecule has 0 saturated carbocycles. The Morgan fingerprint density at radius 2 is 2.44 bits per heavy atom. The lowest BCUT2D eigenvalue weighted by Gasteiger charge is -2.34. The molecule has 3 heteroatoms. The summed E-state index contributed by atoms with van der Waals surface area (Å²) in [6.45, 7) is 2.99. The highest BCUT2D eigenvalue weighted by Gasteiger charge is 2.37. The standard InChI is InChI=1S/C13H13N3/c1-8-10(5-14)4-11(7-15-8)12-3-2-9-6-16-13(9)12/h3-4,7,9,13,16H,2,6H2,1H3. The minimum atomic E-state index is 0.496. The molecule has 1 fully saturated rings. The first-order valence-electron chi connectivity index (χ1n) is 5.60. The van der Waals surface area contributed by atoms with Crippen LogP contribution in [0, 0.1) is 24.2 Å². The molecule has 1 N–H and O–H groups in total. The second-order valence-electron chi connectivity index (χ2n) is 4.51. The summed E-state index contributed by atoms with van der Waals surface area (Å²) in [6.07, 6.45) is 5.32. The van der Waals surface area contributed by atoms with Crippen LogP contribution in [0.3, 0.4) is 0 Å². The minimum absolute atomic E-state index is 0.496. The summed E-state index contributed by atoms with van der Waals surface area (Å²) in [6, 6.07) is 4.64. The van der Waals surface area contributed by atoms with Crippen molar-refractivity contribution < 1.29 is 0 Å². The van der Waals surface area contributed by atoms with Crippen LogP contribution in [0.25, 0.3) is 5.57 Å². The molecule has 2 unspecified atom stereocenters. The number of nitrogens with one attached hydrogen (secondary N) is 1. The quantitative estimate of drug-likeness (QED) is 0.768. The van der Waals surface area contributed by atoms with Gasteiger partial charge in [-0.2, -0.15) is 5.26 Å². The second-order valence-corrected chi connectivity index (χ2v) is 4.51. The molecule has 1 aliphatic carbocycles. The largest absolute Gasteiger partial charge is 0.309 e. The lowest BCUT2D eigenvalue weighted by Crippen LogP contribution is -2.50. The summed E-state index contributed by atoms with van der Waals surface area (Å²) < 4.78 is 0. The van der Waals surface area contributed by atoms with Crippen LogP contribution in [0.4, 0.5) is 0 Å². The maximum absolute atomic E-state index is 8.99. The molecule has 2 aliphatic rings. The molecule has 1 saturated heterocycles. The van der Waals surface area contributed by atoms with Gasteiger partial charge >= 0.3 is 0 Å². The van der Waals surface area contributed by atoms with Gasteiger partial charge in [0.05, 0.1) is 11.3 Å². The van der Waals surface area contributed by atoms with E-state index >= 15 is 0 Å². The SMILES string of the molecule is Cc1ncc(C2=CCC3CNC23)cc1C#N. The Kier molecular flexibility index (Phi) is 2.05. The van der Waals surface area contributed by atoms with E-state index in [-0.39, 0.29) is 0 Å². The topological polar surface area (TPSA) is 48.7 Å². The highest BCUT2D eigenvalue weighted by molar-refractivity contribution is 5.73. The van der Waals surface area contributed by atoms with Gasteiger partial charge in [0.2, 0.25) is 0 Å². The number of hydrogen-bond acceptors (Lipinski definition) is 3. The van der Waals surface area contributed by atoms with Crippen molar-refractivity contribution in [1.29, 1.82) is 5.26 Å². The van der Waals surface area contributed by atoms with E-state index in [9.17, 15) is 0 Å². The molecule has 0 amide bonds. The fraction of sp³-hybridized carbons (Fsp3) is 0.385. The van der Waals surface area contributed by atoms with Gasteiger partial charge in [-0.25, -0.2) is 0 Å². The molecule has 1 aliphatic heterocycles. The van der Waals surface area contributed by atoms with Gasteiger partial charge in [-0.1, -0.05) is 6.08 Å². The highest BCUT2D eigenvalue weighted by Crippen LogP contribution is 2.37. The molecule has 0 aromatic carbocycles. The number of nitrogens with zero attached hydrogens (tertiary/aromatic N) is 2. The average Bonchev–Trinajstić information content (AvgIpc) is 2.54. The number of nitriles is 1. The van der Waals surface area contributed by atoms with E-state index in [0.29, 0.717) is 11.6 Å². The lowest BCUT2D eigenvalue weighted by atomic mass is 9.88. The molecular formula is C13H13N3. The van der Waals surface area contributed by atoms with Crippen molar-refractivity contribution >= 4 is 5.57 Å². The number of fused-ring (bicyclic) bond motifs is 1. The third-order valence-electron chi connectivity index (χ3n) is 3.59. The Hall–Kier alpha value is -1.66. The van der Waals surface area contributed by atoms with Gasteiger partial charge in [0.25, 0.3) is 0 Å². The van der Waals surface area contributed by atoms with Crippen LogP contribution >= 0.6 is 0 Å². The van der Waals surface area contributed by atoms with Crippen LogP contribution in [-0.2, 0) is 0 Å². The molecule has 0 bridgehead atoms. The Balaban J connectivity index is 1.99. The Morgan fingerprint density at radius 3 is 3.06 bits per heavy atom. The number of rotatable bonds is 1. The van der Waals surface area contributed by atoms with Crippen LogP contribution in [-0.4, -0.2) is 17.6 Å². The zero-order valence-electron chi connectivity index (χ0n) is 9.20. The zero-order chi connectivity index (χ0) is 11.1. The lowest BCUT2D eigenvalue weighted by molar-refractivity contribution is 0.307. The second kappa shape index (κ2) is 3.43. The van der Waals surface area contributed by atoms with E-state index in [4.69, 9.17) is 5.26 Å². The van der Waals surface area contributed by atoms with Crippen molar-refractivity contribution in [2.45, 2.75) is 19.4 Å². The average molecular weight is 211 g/mol. The van der Waals surface area contributed by atoms with Crippen LogP contribution < -0.4 is 5.32 Å². The third kappa shape index (κ3) is 1.27. The molecule has 1 aromatic rings. The summed E-state index contributed by atoms with van der Waals surface area (Å²) in [7, 11) is 0. The maximum atomic E-state index is 8.99. The number of aromatic nitrogens is 1. The summed E-state index contributed by atoms with van der Waals surface area (Å²) in [5.41, 5.74) is 3.91. The molecule has 2 heterocycles. The smallest absolute Gasteiger partial charge is 0.101 e. The first-order chi connectivity index (χ1) is 7.79. The fourth-order valence-electron chi connectivity index (χ4n) is 2.49. The normalized spacial score (nSPS) is 26.6. The molecule has 2 atom stereocenters. The molecule has 0 spiro atoms. The maximum Gasteiger partial charge on any atom is 0.101 e. The zero-order valence-corrected chi connectivity index (χ0v) is 9.20. The van der Waals surface area contributed by atoms with Crippen LogP contribution in [0.1, 0.15) is 23.2 Å². The van der Waals surface area contributed by atoms with Crippen molar-refractivity contribution in [1.82, 2.24) is 10.3 Å². The number of allylic oxidation sites excluding steroid dienone is 1. The monoisotopic (exact) mass is 211 g/mol. The van der Waals surface area contributed by atoms with Crippen LogP contribution in [0.5, 0.6) is 0 Å². The van der Waals surface area contributed by atoms with Gasteiger partial charge in [-0.3, -0.25) is 4.98 Å². The number of hydrogen-bond donors (Lipinski definition) is 1. The summed E-state index contributed by atoms with van der Waals surface area (Å²) in [5.74, 6) is 0.766. The molecule has 16 heavy (non-hydrogen) atoms. The van der Waals surface area contributed by atoms with Crippen molar-refractivity contribution in [2.75, 3.05) is 6.54 Å². The van der Waals surface area contributed by atoms with Crippen LogP contribution in [0.2, 0.25) is 0 Å². The molecule has 3 nitrogen and oxygen atoms in total. The predicted molar refractivity (Wildman–Crippen MR) is 61.6 cm³/mol. The molecule has 1 aromatic heterocycles. The Morgan fingerprint density at radius 1 is 1.56 bits per heavy atom. The van der Waals surface area contributed by atoms with Gasteiger partial charge in [-0.15, -0.1) is 0 Å². The number of aryl methyl sites for hydroxylation is 1. The Labute approximate surface area is 94.8 Å². The fourth-order valence-corrected chi connectivity index (χ4v) is 2.49. The van der Waals surface area contributed by atoms with Crippen molar-refractivity contribution in [3.8, 4) is 6.07 Å². The minimum Gasteiger partial charge on any atom is -0.309 e. The molecule has 3 rings (SSSR count). The van der Waals surface area contributed by atoms with Gasteiger partial charge in [-0.05, 0) is 36.5 Å². The van der Waals surface area contributed by atoms with Gasteiger partial charge in [0.1, 0.15) is 6.07 Å². The first-order valence-corrected chi connectivity index (χ1v) is 5.60. The third-order valence-corrected chi connectivity index (χ3v) is 3.59. The van der Waals surface area contributed by atoms with Crippen molar-refractivity contribution in [3.63, 3.8) is 0 Å². The summed E-state index contributed by atoms with van der Waals surface area (Å²) in [4.78, 5) is 4.29. The predicted octanol–water partition coefficient (Wildman–Crippen LogP) is 1.64. The van der Waals surface area contributed by atoms with E-state index in [1.165, 1.54) is 5.57 Å². The Bertz CT molecular complexity index is 510. The van der Waals surface area contributed by atoms with Crippen molar-refractivity contribution in [3.05, 3.63) is 35.2 Å². The summed E-state index contributed by atoms with van der Waals surface area (Å²) >= 11 is 0. The molecule has 0 radical (unpaired) electrons. The number of pyridine rings is 1. The van der Waals surface area contributed by atoms with E-state index in [0.717, 1.165) is 30.1 Å². The first kappa shape index (κ1) is 9.56. The van der Waals surface area contributed by atoms with E-state index in [1.807, 2.05) is 19.2 Å². The van der Waals surface area contributed by atoms with Gasteiger partial charge in [0, 0.05) is 18.8 Å². The molecular weight excluding hydrogens is 198 g/mol. The van der Waals surface area contributed by atoms with Gasteiger partial charge < -0.3 is 5.32 Å². The summed E-state index contributed by atoms with van der Waals surface area (Å²) in [5, 5.41) is 12.4.